The van der Waals surface area contributed by atoms with Gasteiger partial charge in [0.15, 0.2) is 0 Å². The smallest absolute Gasteiger partial charge is 0.269 e. The van der Waals surface area contributed by atoms with E-state index in [2.05, 4.69) is 0 Å². The van der Waals surface area contributed by atoms with Crippen molar-refractivity contribution in [1.29, 1.82) is 0 Å². The number of carbonyl (C=O) groups is 2. The summed E-state index contributed by atoms with van der Waals surface area (Å²) in [4.78, 5) is 41.3. The van der Waals surface area contributed by atoms with Gasteiger partial charge in [-0.05, 0) is 41.6 Å². The molecule has 0 bridgehead atoms. The van der Waals surface area contributed by atoms with Gasteiger partial charge in [0.1, 0.15) is 6.54 Å². The van der Waals surface area contributed by atoms with E-state index in [0.29, 0.717) is 13.1 Å². The minimum Gasteiger partial charge on any atom is -0.383 e. The summed E-state index contributed by atoms with van der Waals surface area (Å²) in [6, 6.07) is 17.1. The van der Waals surface area contributed by atoms with Crippen LogP contribution in [-0.4, -0.2) is 53.3 Å². The summed E-state index contributed by atoms with van der Waals surface area (Å²) in [6.45, 7) is 3.22. The van der Waals surface area contributed by atoms with Crippen molar-refractivity contribution < 1.29 is 19.2 Å². The number of thiophene rings is 1. The Hall–Kier alpha value is -3.56. The first-order valence-electron chi connectivity index (χ1n) is 10.8. The molecule has 8 nitrogen and oxygen atoms in total. The highest BCUT2D eigenvalue weighted by molar-refractivity contribution is 7.10. The molecule has 1 aromatic heterocycles. The van der Waals surface area contributed by atoms with Gasteiger partial charge in [-0.25, -0.2) is 0 Å². The van der Waals surface area contributed by atoms with Crippen LogP contribution in [0.2, 0.25) is 0 Å². The quantitative estimate of drug-likeness (QED) is 0.301. The van der Waals surface area contributed by atoms with E-state index in [1.807, 2.05) is 48.7 Å². The third kappa shape index (κ3) is 6.72. The standard InChI is InChI=1S/C25H27N3O5S/c1-19-12-15-34-23(19)17-27(16-20-6-4-3-5-7-20)24(29)18-26(13-14-33-2)25(30)21-8-10-22(11-9-21)28(31)32/h3-12,15H,13-14,16-18H2,1-2H3. The number of nitro groups is 1. The Balaban J connectivity index is 1.81. The van der Waals surface area contributed by atoms with E-state index in [0.717, 1.165) is 16.0 Å². The molecule has 9 heteroatoms. The van der Waals surface area contributed by atoms with Crippen molar-refractivity contribution >= 4 is 28.8 Å². The van der Waals surface area contributed by atoms with Crippen molar-refractivity contribution in [3.63, 3.8) is 0 Å². The largest absolute Gasteiger partial charge is 0.383 e. The second-order valence-electron chi connectivity index (χ2n) is 7.79. The first kappa shape index (κ1) is 25.1. The molecular formula is C25H27N3O5S. The minimum atomic E-state index is -0.519. The van der Waals surface area contributed by atoms with Crippen molar-refractivity contribution in [2.24, 2.45) is 0 Å². The van der Waals surface area contributed by atoms with Crippen LogP contribution in [-0.2, 0) is 22.6 Å². The SMILES string of the molecule is COCCN(CC(=O)N(Cc1ccccc1)Cc1sccc1C)C(=O)c1ccc([N+](=O)[O-])cc1. The molecule has 2 amide bonds. The second kappa shape index (κ2) is 12.1. The van der Waals surface area contributed by atoms with Crippen molar-refractivity contribution in [1.82, 2.24) is 9.80 Å². The topological polar surface area (TPSA) is 93.0 Å². The van der Waals surface area contributed by atoms with E-state index in [1.54, 1.807) is 16.2 Å². The molecule has 0 N–H and O–H groups in total. The van der Waals surface area contributed by atoms with Gasteiger partial charge in [-0.1, -0.05) is 30.3 Å². The van der Waals surface area contributed by atoms with Crippen molar-refractivity contribution in [2.75, 3.05) is 26.8 Å². The lowest BCUT2D eigenvalue weighted by molar-refractivity contribution is -0.384. The minimum absolute atomic E-state index is 0.101. The van der Waals surface area contributed by atoms with Crippen molar-refractivity contribution in [3.8, 4) is 0 Å². The maximum Gasteiger partial charge on any atom is 0.269 e. The van der Waals surface area contributed by atoms with Crippen molar-refractivity contribution in [2.45, 2.75) is 20.0 Å². The van der Waals surface area contributed by atoms with Gasteiger partial charge >= 0.3 is 0 Å². The van der Waals surface area contributed by atoms with Crippen LogP contribution in [0, 0.1) is 17.0 Å². The number of aryl methyl sites for hydroxylation is 1. The Morgan fingerprint density at radius 1 is 1.00 bits per heavy atom. The Bertz CT molecular complexity index is 1120. The molecule has 0 unspecified atom stereocenters. The number of benzene rings is 2. The van der Waals surface area contributed by atoms with Gasteiger partial charge in [0.05, 0.1) is 18.1 Å². The van der Waals surface area contributed by atoms with Crippen LogP contribution in [0.3, 0.4) is 0 Å². The molecule has 0 spiro atoms. The first-order valence-corrected chi connectivity index (χ1v) is 11.6. The number of carbonyl (C=O) groups excluding carboxylic acids is 2. The fourth-order valence-corrected chi connectivity index (χ4v) is 4.32. The van der Waals surface area contributed by atoms with E-state index in [-0.39, 0.29) is 42.8 Å². The van der Waals surface area contributed by atoms with E-state index >= 15 is 0 Å². The number of nitrogens with zero attached hydrogens (tertiary/aromatic N) is 3. The molecule has 1 heterocycles. The van der Waals surface area contributed by atoms with Gasteiger partial charge in [-0.3, -0.25) is 19.7 Å². The summed E-state index contributed by atoms with van der Waals surface area (Å²) >= 11 is 1.60. The van der Waals surface area contributed by atoms with E-state index in [1.165, 1.54) is 36.3 Å². The predicted molar refractivity (Wildman–Crippen MR) is 131 cm³/mol. The van der Waals surface area contributed by atoms with Gasteiger partial charge in [0.2, 0.25) is 5.91 Å². The summed E-state index contributed by atoms with van der Waals surface area (Å²) in [6.07, 6.45) is 0. The number of rotatable bonds is 11. The zero-order valence-corrected chi connectivity index (χ0v) is 20.0. The Morgan fingerprint density at radius 3 is 2.29 bits per heavy atom. The lowest BCUT2D eigenvalue weighted by Crippen LogP contribution is -2.43. The van der Waals surface area contributed by atoms with Crippen molar-refractivity contribution in [3.05, 3.63) is 97.7 Å². The fraction of sp³-hybridized carbons (Fsp3) is 0.280. The van der Waals surface area contributed by atoms with E-state index in [4.69, 9.17) is 4.74 Å². The van der Waals surface area contributed by atoms with E-state index < -0.39 is 4.92 Å². The highest BCUT2D eigenvalue weighted by Gasteiger charge is 2.24. The lowest BCUT2D eigenvalue weighted by atomic mass is 10.1. The van der Waals surface area contributed by atoms with Crippen LogP contribution in [0.25, 0.3) is 0 Å². The maximum absolute atomic E-state index is 13.4. The molecule has 0 radical (unpaired) electrons. The summed E-state index contributed by atoms with van der Waals surface area (Å²) in [7, 11) is 1.53. The van der Waals surface area contributed by atoms with Gasteiger partial charge in [0.25, 0.3) is 11.6 Å². The molecule has 178 valence electrons. The van der Waals surface area contributed by atoms with Gasteiger partial charge < -0.3 is 14.5 Å². The molecule has 34 heavy (non-hydrogen) atoms. The normalized spacial score (nSPS) is 10.6. The highest BCUT2D eigenvalue weighted by atomic mass is 32.1. The van der Waals surface area contributed by atoms with Crippen LogP contribution in [0.15, 0.2) is 66.0 Å². The number of hydrogen-bond donors (Lipinski definition) is 0. The zero-order chi connectivity index (χ0) is 24.5. The molecule has 3 rings (SSSR count). The van der Waals surface area contributed by atoms with Gasteiger partial charge in [-0.15, -0.1) is 11.3 Å². The third-order valence-electron chi connectivity index (χ3n) is 5.38. The van der Waals surface area contributed by atoms with Gasteiger partial charge in [-0.2, -0.15) is 0 Å². The lowest BCUT2D eigenvalue weighted by Gasteiger charge is -2.28. The summed E-state index contributed by atoms with van der Waals surface area (Å²) in [5.74, 6) is -0.574. The number of non-ortho nitro benzene ring substituents is 1. The molecule has 0 aliphatic rings. The first-order chi connectivity index (χ1) is 16.4. The number of amides is 2. The van der Waals surface area contributed by atoms with E-state index in [9.17, 15) is 19.7 Å². The number of ether oxygens (including phenoxy) is 1. The van der Waals surface area contributed by atoms with Gasteiger partial charge in [0, 0.05) is 42.8 Å². The Morgan fingerprint density at radius 2 is 1.71 bits per heavy atom. The number of hydrogen-bond acceptors (Lipinski definition) is 6. The van der Waals surface area contributed by atoms with Crippen LogP contribution in [0.1, 0.15) is 26.4 Å². The molecule has 0 fully saturated rings. The number of methoxy groups -OCH3 is 1. The molecule has 0 saturated carbocycles. The summed E-state index contributed by atoms with van der Waals surface area (Å²) in [5, 5.41) is 12.9. The predicted octanol–water partition coefficient (Wildman–Crippen LogP) is 4.28. The summed E-state index contributed by atoms with van der Waals surface area (Å²) < 4.78 is 5.14. The highest BCUT2D eigenvalue weighted by Crippen LogP contribution is 2.20. The Kier molecular flexibility index (Phi) is 8.89. The van der Waals surface area contributed by atoms with Crippen LogP contribution in [0.5, 0.6) is 0 Å². The molecule has 2 aromatic carbocycles. The molecule has 0 aliphatic heterocycles. The maximum atomic E-state index is 13.4. The summed E-state index contributed by atoms with van der Waals surface area (Å²) in [5.41, 5.74) is 2.29. The second-order valence-corrected chi connectivity index (χ2v) is 8.79. The van der Waals surface area contributed by atoms with Crippen LogP contribution < -0.4 is 0 Å². The third-order valence-corrected chi connectivity index (χ3v) is 6.38. The molecule has 0 atom stereocenters. The number of nitro benzene ring substituents is 1. The van der Waals surface area contributed by atoms with Crippen LogP contribution >= 0.6 is 11.3 Å². The average molecular weight is 482 g/mol. The fourth-order valence-electron chi connectivity index (χ4n) is 3.40. The molecular weight excluding hydrogens is 454 g/mol. The average Bonchev–Trinajstić information content (AvgIpc) is 3.25. The molecule has 0 aliphatic carbocycles. The molecule has 0 saturated heterocycles. The van der Waals surface area contributed by atoms with Crippen LogP contribution in [0.4, 0.5) is 5.69 Å². The molecule has 3 aromatic rings. The Labute approximate surface area is 202 Å². The monoisotopic (exact) mass is 481 g/mol. The zero-order valence-electron chi connectivity index (χ0n) is 19.2.